The van der Waals surface area contributed by atoms with E-state index in [1.54, 1.807) is 0 Å². The van der Waals surface area contributed by atoms with Gasteiger partial charge in [-0.1, -0.05) is 56.3 Å². The van der Waals surface area contributed by atoms with Gasteiger partial charge in [0, 0.05) is 25.2 Å². The van der Waals surface area contributed by atoms with Crippen LogP contribution in [0.3, 0.4) is 0 Å². The highest BCUT2D eigenvalue weighted by Crippen LogP contribution is 2.26. The van der Waals surface area contributed by atoms with Gasteiger partial charge in [0.15, 0.2) is 0 Å². The van der Waals surface area contributed by atoms with Crippen LogP contribution >= 0.6 is 0 Å². The molecule has 0 radical (unpaired) electrons. The Morgan fingerprint density at radius 1 is 0.912 bits per heavy atom. The Hall–Kier alpha value is -2.57. The zero-order valence-corrected chi connectivity index (χ0v) is 21.5. The molecule has 1 N–H and O–H groups in total. The van der Waals surface area contributed by atoms with Crippen molar-refractivity contribution >= 4 is 6.03 Å². The van der Waals surface area contributed by atoms with Gasteiger partial charge in [-0.3, -0.25) is 5.01 Å². The minimum atomic E-state index is -0.677. The number of rotatable bonds is 9. The molecule has 1 saturated heterocycles. The highest BCUT2D eigenvalue weighted by Gasteiger charge is 2.42. The van der Waals surface area contributed by atoms with Gasteiger partial charge in [-0.2, -0.15) is 0 Å². The van der Waals surface area contributed by atoms with E-state index < -0.39 is 6.10 Å². The molecule has 0 bridgehead atoms. The second-order valence-electron chi connectivity index (χ2n) is 10.2. The molecule has 1 heterocycles. The molecule has 2 amide bonds. The van der Waals surface area contributed by atoms with Crippen molar-refractivity contribution < 1.29 is 14.6 Å². The smallest absolute Gasteiger partial charge is 0.335 e. The van der Waals surface area contributed by atoms with E-state index in [2.05, 4.69) is 26.0 Å². The molecule has 2 atom stereocenters. The van der Waals surface area contributed by atoms with Gasteiger partial charge in [-0.15, -0.1) is 0 Å². The first-order valence-corrected chi connectivity index (χ1v) is 12.5. The van der Waals surface area contributed by atoms with Gasteiger partial charge in [0.05, 0.1) is 18.8 Å². The van der Waals surface area contributed by atoms with Gasteiger partial charge in [0.1, 0.15) is 5.75 Å². The van der Waals surface area contributed by atoms with Crippen LogP contribution < -0.4 is 4.74 Å². The Labute approximate surface area is 205 Å². The first-order valence-electron chi connectivity index (χ1n) is 12.5. The number of aliphatic hydroxyl groups is 1. The van der Waals surface area contributed by atoms with E-state index in [1.165, 1.54) is 0 Å². The number of carbonyl (C=O) groups is 1. The monoisotopic (exact) mass is 467 g/mol. The van der Waals surface area contributed by atoms with Crippen molar-refractivity contribution in [3.63, 3.8) is 0 Å². The minimum Gasteiger partial charge on any atom is -0.493 e. The van der Waals surface area contributed by atoms with Crippen LogP contribution in [0.2, 0.25) is 0 Å². The van der Waals surface area contributed by atoms with Gasteiger partial charge in [0.25, 0.3) is 0 Å². The lowest BCUT2D eigenvalue weighted by Crippen LogP contribution is -2.56. The van der Waals surface area contributed by atoms with Crippen molar-refractivity contribution in [1.29, 1.82) is 0 Å². The molecule has 0 aromatic heterocycles. The van der Waals surface area contributed by atoms with Crippen molar-refractivity contribution in [1.82, 2.24) is 14.9 Å². The van der Waals surface area contributed by atoms with E-state index in [-0.39, 0.29) is 24.2 Å². The first kappa shape index (κ1) is 26.0. The summed E-state index contributed by atoms with van der Waals surface area (Å²) in [6.07, 6.45) is -0.0583. The molecular weight excluding hydrogens is 426 g/mol. The largest absolute Gasteiger partial charge is 0.493 e. The van der Waals surface area contributed by atoms with Crippen LogP contribution in [0.25, 0.3) is 0 Å². The number of β-amino-alcohol motifs (C(OH)–C–C–N with tert-alkyl or cyclic N) is 1. The van der Waals surface area contributed by atoms with Crippen LogP contribution in [0.1, 0.15) is 52.7 Å². The fraction of sp³-hybridized carbons (Fsp3) is 0.536. The molecule has 0 aliphatic carbocycles. The third-order valence-corrected chi connectivity index (χ3v) is 6.13. The summed E-state index contributed by atoms with van der Waals surface area (Å²) in [6.45, 7) is 13.9. The van der Waals surface area contributed by atoms with Gasteiger partial charge in [-0.25, -0.2) is 9.80 Å². The molecule has 0 unspecified atom stereocenters. The van der Waals surface area contributed by atoms with Crippen LogP contribution in [-0.4, -0.2) is 63.4 Å². The van der Waals surface area contributed by atoms with Crippen molar-refractivity contribution in [3.05, 3.63) is 65.7 Å². The number of hydrogen-bond donors (Lipinski definition) is 1. The number of hydrogen-bond acceptors (Lipinski definition) is 4. The van der Waals surface area contributed by atoms with Crippen molar-refractivity contribution in [2.75, 3.05) is 13.2 Å². The second-order valence-corrected chi connectivity index (χ2v) is 10.2. The Morgan fingerprint density at radius 3 is 2.12 bits per heavy atom. The topological polar surface area (TPSA) is 56.3 Å². The minimum absolute atomic E-state index is 0.0329. The Morgan fingerprint density at radius 2 is 1.56 bits per heavy atom. The molecule has 2 aromatic carbocycles. The zero-order chi connectivity index (χ0) is 24.8. The van der Waals surface area contributed by atoms with Gasteiger partial charge < -0.3 is 14.7 Å². The predicted molar refractivity (Wildman–Crippen MR) is 136 cm³/mol. The summed E-state index contributed by atoms with van der Waals surface area (Å²) in [5.41, 5.74) is 2.19. The third kappa shape index (κ3) is 6.51. The average molecular weight is 468 g/mol. The SMILES string of the molecule is CC(C)COc1ccc(CN2C[C@H](O)[C@H](Cc3ccccc3)N(C(C)C)C(=O)N2C(C)C)cc1. The molecule has 186 valence electrons. The van der Waals surface area contributed by atoms with E-state index in [4.69, 9.17) is 4.74 Å². The van der Waals surface area contributed by atoms with Crippen molar-refractivity contribution in [2.24, 2.45) is 5.92 Å². The second kappa shape index (κ2) is 11.7. The molecule has 1 aliphatic heterocycles. The number of ether oxygens (including phenoxy) is 1. The highest BCUT2D eigenvalue weighted by atomic mass is 16.5. The maximum Gasteiger partial charge on any atom is 0.335 e. The summed E-state index contributed by atoms with van der Waals surface area (Å²) in [4.78, 5) is 15.7. The van der Waals surface area contributed by atoms with E-state index in [0.717, 1.165) is 16.9 Å². The number of urea groups is 1. The summed E-state index contributed by atoms with van der Waals surface area (Å²) in [5, 5.41) is 15.2. The molecule has 1 fully saturated rings. The van der Waals surface area contributed by atoms with Crippen LogP contribution in [0.15, 0.2) is 54.6 Å². The van der Waals surface area contributed by atoms with E-state index in [1.807, 2.05) is 85.1 Å². The standard InChI is InChI=1S/C28H41N3O3/c1-20(2)19-34-25-14-12-24(13-15-25)17-29-18-27(32)26(16-23-10-8-7-9-11-23)30(21(3)4)28(33)31(29)22(5)6/h7-15,20-22,26-27,32H,16-19H2,1-6H3/t26-,27-/m0/s1. The lowest BCUT2D eigenvalue weighted by atomic mass is 9.98. The van der Waals surface area contributed by atoms with Gasteiger partial charge >= 0.3 is 6.03 Å². The summed E-state index contributed by atoms with van der Waals surface area (Å²) in [5.74, 6) is 1.32. The number of benzene rings is 2. The lowest BCUT2D eigenvalue weighted by Gasteiger charge is -2.40. The van der Waals surface area contributed by atoms with Crippen LogP contribution in [0, 0.1) is 5.92 Å². The van der Waals surface area contributed by atoms with Gasteiger partial charge in [0.2, 0.25) is 0 Å². The molecule has 3 rings (SSSR count). The maximum atomic E-state index is 13.9. The molecule has 0 saturated carbocycles. The molecule has 2 aromatic rings. The summed E-state index contributed by atoms with van der Waals surface area (Å²) in [6, 6.07) is 17.7. The van der Waals surface area contributed by atoms with Crippen molar-refractivity contribution in [3.8, 4) is 5.75 Å². The number of aliphatic hydroxyl groups excluding tert-OH is 1. The number of hydrazine groups is 1. The summed E-state index contributed by atoms with van der Waals surface area (Å²) >= 11 is 0. The normalized spacial score (nSPS) is 19.9. The Kier molecular flexibility index (Phi) is 8.97. The maximum absolute atomic E-state index is 13.9. The van der Waals surface area contributed by atoms with E-state index >= 15 is 0 Å². The van der Waals surface area contributed by atoms with Crippen LogP contribution in [-0.2, 0) is 13.0 Å². The molecule has 0 spiro atoms. The van der Waals surface area contributed by atoms with E-state index in [9.17, 15) is 9.90 Å². The summed E-state index contributed by atoms with van der Waals surface area (Å²) < 4.78 is 5.81. The van der Waals surface area contributed by atoms with Crippen LogP contribution in [0.4, 0.5) is 4.79 Å². The molecule has 6 nitrogen and oxygen atoms in total. The van der Waals surface area contributed by atoms with E-state index in [0.29, 0.717) is 32.0 Å². The Bertz CT molecular complexity index is 899. The molecular formula is C28H41N3O3. The fourth-order valence-electron chi connectivity index (χ4n) is 4.54. The predicted octanol–water partition coefficient (Wildman–Crippen LogP) is 4.97. The molecule has 6 heteroatoms. The Balaban J connectivity index is 1.85. The average Bonchev–Trinajstić information content (AvgIpc) is 2.87. The molecule has 1 aliphatic rings. The zero-order valence-electron chi connectivity index (χ0n) is 21.5. The van der Waals surface area contributed by atoms with Crippen molar-refractivity contribution in [2.45, 2.75) is 78.7 Å². The number of nitrogens with zero attached hydrogens (tertiary/aromatic N) is 3. The quantitative estimate of drug-likeness (QED) is 0.566. The number of carbonyl (C=O) groups excluding carboxylic acids is 1. The van der Waals surface area contributed by atoms with Gasteiger partial charge in [-0.05, 0) is 63.3 Å². The third-order valence-electron chi connectivity index (χ3n) is 6.13. The van der Waals surface area contributed by atoms with Crippen LogP contribution in [0.5, 0.6) is 5.75 Å². The lowest BCUT2D eigenvalue weighted by molar-refractivity contribution is -0.0346. The summed E-state index contributed by atoms with van der Waals surface area (Å²) in [7, 11) is 0. The highest BCUT2D eigenvalue weighted by molar-refractivity contribution is 5.75. The first-order chi connectivity index (χ1) is 16.2. The fourth-order valence-corrected chi connectivity index (χ4v) is 4.54. The molecule has 34 heavy (non-hydrogen) atoms. The number of amides is 2.